The number of rotatable bonds is 5. The van der Waals surface area contributed by atoms with Crippen LogP contribution in [0.1, 0.15) is 27.8 Å². The van der Waals surface area contributed by atoms with Gasteiger partial charge in [-0.05, 0) is 69.4 Å². The number of nitro groups is 4. The molecule has 0 unspecified atom stereocenters. The number of aliphatic hydroxyl groups excluding tert-OH is 1. The number of fused-ring (bicyclic) bond motifs is 10. The van der Waals surface area contributed by atoms with Crippen LogP contribution in [0.4, 0.5) is 39.8 Å². The third-order valence-electron chi connectivity index (χ3n) is 13.8. The molecular weight excluding hydrogens is 873 g/mol. The quantitative estimate of drug-likeness (QED) is 0.0930. The van der Waals surface area contributed by atoms with Crippen molar-refractivity contribution >= 4 is 78.3 Å². The van der Waals surface area contributed by atoms with Gasteiger partial charge in [0.2, 0.25) is 5.78 Å². The molecule has 8 aromatic carbocycles. The molecule has 18 nitrogen and oxygen atoms in total. The Balaban J connectivity index is 1.06. The molecule has 4 N–H and O–H groups in total. The number of non-ortho nitro benzene ring substituents is 4. The third-order valence-corrected chi connectivity index (χ3v) is 13.8. The molecule has 0 saturated carbocycles. The van der Waals surface area contributed by atoms with Crippen LogP contribution < -0.4 is 26.5 Å². The first-order valence-electron chi connectivity index (χ1n) is 21.0. The van der Waals surface area contributed by atoms with Gasteiger partial charge in [0.1, 0.15) is 5.76 Å². The summed E-state index contributed by atoms with van der Waals surface area (Å²) in [6.45, 7) is 0. The van der Waals surface area contributed by atoms with E-state index in [0.29, 0.717) is 77.7 Å². The Morgan fingerprint density at radius 2 is 0.941 bits per heavy atom. The molecule has 0 fully saturated rings. The average Bonchev–Trinajstić information content (AvgIpc) is 3.74. The molecule has 0 saturated heterocycles. The summed E-state index contributed by atoms with van der Waals surface area (Å²) in [5.41, 5.74) is 1.33. The molecule has 5 aliphatic rings. The topological polar surface area (TPSA) is 258 Å². The van der Waals surface area contributed by atoms with E-state index in [1.807, 2.05) is 18.2 Å². The molecule has 13 rings (SSSR count). The van der Waals surface area contributed by atoms with E-state index >= 15 is 4.79 Å². The van der Waals surface area contributed by atoms with E-state index in [-0.39, 0.29) is 55.8 Å². The zero-order valence-electron chi connectivity index (χ0n) is 34.6. The van der Waals surface area contributed by atoms with Gasteiger partial charge in [0.15, 0.2) is 11.3 Å². The second kappa shape index (κ2) is 12.9. The van der Waals surface area contributed by atoms with Gasteiger partial charge < -0.3 is 21.1 Å². The van der Waals surface area contributed by atoms with Crippen molar-refractivity contribution in [2.24, 2.45) is 4.99 Å². The highest BCUT2D eigenvalue weighted by atomic mass is 16.6. The summed E-state index contributed by atoms with van der Waals surface area (Å²) >= 11 is 0. The Bertz CT molecular complexity index is 3910. The number of anilines is 3. The number of benzene rings is 8. The van der Waals surface area contributed by atoms with E-state index in [4.69, 9.17) is 4.99 Å². The Hall–Kier alpha value is -9.84. The largest absolute Gasteiger partial charge is 0.506 e. The van der Waals surface area contributed by atoms with Gasteiger partial charge in [-0.3, -0.25) is 45.3 Å². The first-order valence-corrected chi connectivity index (χ1v) is 21.0. The first kappa shape index (κ1) is 38.6. The molecule has 68 heavy (non-hydrogen) atoms. The number of carbonyl (C=O) groups is 1. The second-order valence-corrected chi connectivity index (χ2v) is 17.1. The monoisotopic (exact) mass is 898 g/mol. The van der Waals surface area contributed by atoms with Gasteiger partial charge in [-0.1, -0.05) is 48.5 Å². The highest BCUT2D eigenvalue weighted by Crippen LogP contribution is 2.57. The van der Waals surface area contributed by atoms with Crippen LogP contribution in [0.5, 0.6) is 0 Å². The average molecular weight is 899 g/mol. The van der Waals surface area contributed by atoms with Crippen LogP contribution in [0.3, 0.4) is 0 Å². The minimum absolute atomic E-state index is 0.0557. The number of Topliss-reactive ketones (excluding diaryl/α,β-unsaturated/α-hetero) is 1. The lowest BCUT2D eigenvalue weighted by Crippen LogP contribution is -2.45. The molecule has 0 amide bonds. The van der Waals surface area contributed by atoms with Crippen LogP contribution in [0.2, 0.25) is 0 Å². The normalized spacial score (nSPS) is 16.4. The molecule has 0 bridgehead atoms. The second-order valence-electron chi connectivity index (χ2n) is 17.1. The molecule has 0 atom stereocenters. The van der Waals surface area contributed by atoms with Gasteiger partial charge in [0.05, 0.1) is 41.9 Å². The van der Waals surface area contributed by atoms with Crippen molar-refractivity contribution in [1.29, 1.82) is 0 Å². The molecule has 3 aliphatic carbocycles. The zero-order chi connectivity index (χ0) is 46.7. The maximum atomic E-state index is 15.0. The van der Waals surface area contributed by atoms with Crippen molar-refractivity contribution in [2.75, 3.05) is 16.0 Å². The fraction of sp³-hybridized carbons (Fsp3) is 0.0400. The van der Waals surface area contributed by atoms with E-state index in [9.17, 15) is 45.6 Å². The van der Waals surface area contributed by atoms with Crippen LogP contribution >= 0.6 is 0 Å². The van der Waals surface area contributed by atoms with Gasteiger partial charge in [-0.2, -0.15) is 0 Å². The standard InChI is InChI=1S/C50H26N8O10/c59-47-43(33-13-7-23-3-1-5-39-41(23)45(33)53-49(51-39)35-19-25(55(61)62)9-15-29(35)30-16-10-26(56(63)64)20-36(30)49)48(60)44(47)34-14-8-24-4-2-6-40-42(24)46(34)54-50(52-40)37-21-27(57(65)66)11-17-31(37)32-18-12-28(58(67)68)22-38(32)50/h1-22,51-53,59H/b44-34-. The van der Waals surface area contributed by atoms with E-state index in [1.165, 1.54) is 48.5 Å². The van der Waals surface area contributed by atoms with Crippen molar-refractivity contribution in [3.63, 3.8) is 0 Å². The summed E-state index contributed by atoms with van der Waals surface area (Å²) in [6, 6.07) is 35.2. The van der Waals surface area contributed by atoms with Crippen molar-refractivity contribution < 1.29 is 29.6 Å². The number of carbonyl (C=O) groups excluding carboxylic acids is 1. The van der Waals surface area contributed by atoms with Crippen LogP contribution in [0.25, 0.3) is 54.9 Å². The number of ketones is 1. The molecule has 0 radical (unpaired) electrons. The minimum atomic E-state index is -1.65. The highest BCUT2D eigenvalue weighted by molar-refractivity contribution is 6.52. The van der Waals surface area contributed by atoms with E-state index in [1.54, 1.807) is 66.7 Å². The summed E-state index contributed by atoms with van der Waals surface area (Å²) in [5.74, 6) is -0.928. The van der Waals surface area contributed by atoms with Gasteiger partial charge in [-0.25, -0.2) is 4.99 Å². The van der Waals surface area contributed by atoms with Gasteiger partial charge in [0, 0.05) is 104 Å². The molecule has 0 aromatic heterocycles. The molecule has 8 aromatic rings. The van der Waals surface area contributed by atoms with Crippen molar-refractivity contribution in [1.82, 2.24) is 0 Å². The smallest absolute Gasteiger partial charge is 0.269 e. The Morgan fingerprint density at radius 3 is 1.46 bits per heavy atom. The Kier molecular flexibility index (Phi) is 7.33. The summed E-state index contributed by atoms with van der Waals surface area (Å²) in [4.78, 5) is 66.9. The number of nitrogens with one attached hydrogen (secondary N) is 3. The fourth-order valence-corrected chi connectivity index (χ4v) is 10.9. The summed E-state index contributed by atoms with van der Waals surface area (Å²) < 4.78 is 0. The molecular formula is C50H26N8O10. The minimum Gasteiger partial charge on any atom is -0.506 e. The number of nitro benzene ring substituents is 4. The Labute approximate surface area is 379 Å². The van der Waals surface area contributed by atoms with Crippen LogP contribution in [-0.2, 0) is 16.1 Å². The maximum Gasteiger partial charge on any atom is 0.269 e. The van der Waals surface area contributed by atoms with Crippen LogP contribution in [0, 0.1) is 40.5 Å². The number of aliphatic hydroxyl groups is 1. The van der Waals surface area contributed by atoms with Gasteiger partial charge in [-0.15, -0.1) is 0 Å². The number of hydrogen-bond acceptors (Lipinski definition) is 14. The lowest BCUT2D eigenvalue weighted by Gasteiger charge is -2.41. The lowest BCUT2D eigenvalue weighted by molar-refractivity contribution is -0.385. The number of hydrogen-bond donors (Lipinski definition) is 4. The summed E-state index contributed by atoms with van der Waals surface area (Å²) in [5, 5.41) is 74.8. The predicted molar refractivity (Wildman–Crippen MR) is 249 cm³/mol. The SMILES string of the molecule is O=C1C(c2ccc3cccc4c3c2NC2(N4)c3cc([N+](=O)[O-])ccc3-c3ccc([N+](=O)[O-])cc32)=C(O)/C1=c1\ccc2cccc3c2c1=NC1(N3)c2cc([N+](=O)[O-])ccc2-c2ccc([N+](=O)[O-])cc21. The highest BCUT2D eigenvalue weighted by Gasteiger charge is 2.50. The van der Waals surface area contributed by atoms with E-state index in [0.717, 1.165) is 5.39 Å². The van der Waals surface area contributed by atoms with Crippen LogP contribution in [0.15, 0.2) is 144 Å². The zero-order valence-corrected chi connectivity index (χ0v) is 34.6. The Morgan fingerprint density at radius 1 is 0.485 bits per heavy atom. The van der Waals surface area contributed by atoms with Crippen molar-refractivity contribution in [2.45, 2.75) is 11.3 Å². The number of nitrogens with zero attached hydrogens (tertiary/aromatic N) is 5. The fourth-order valence-electron chi connectivity index (χ4n) is 10.9. The summed E-state index contributed by atoms with van der Waals surface area (Å²) in [6.07, 6.45) is 0. The predicted octanol–water partition coefficient (Wildman–Crippen LogP) is 8.97. The first-order chi connectivity index (χ1) is 32.8. The third kappa shape index (κ3) is 4.83. The van der Waals surface area contributed by atoms with E-state index < -0.39 is 36.8 Å². The summed E-state index contributed by atoms with van der Waals surface area (Å²) in [7, 11) is 0. The number of allylic oxidation sites excluding steroid dienone is 2. The molecule has 2 aliphatic heterocycles. The lowest BCUT2D eigenvalue weighted by atomic mass is 9.79. The van der Waals surface area contributed by atoms with Crippen molar-refractivity contribution in [3.8, 4) is 22.3 Å². The van der Waals surface area contributed by atoms with E-state index in [2.05, 4.69) is 16.0 Å². The van der Waals surface area contributed by atoms with Gasteiger partial charge in [0.25, 0.3) is 22.7 Å². The maximum absolute atomic E-state index is 15.0. The molecule has 18 heteroatoms. The van der Waals surface area contributed by atoms with Crippen molar-refractivity contribution in [3.05, 3.63) is 218 Å². The van der Waals surface area contributed by atoms with Gasteiger partial charge >= 0.3 is 0 Å². The molecule has 326 valence electrons. The van der Waals surface area contributed by atoms with Crippen LogP contribution in [-0.4, -0.2) is 30.6 Å². The molecule has 2 heterocycles. The molecule has 2 spiro atoms.